The highest BCUT2D eigenvalue weighted by Crippen LogP contribution is 2.34. The number of hydrogen-bond acceptors (Lipinski definition) is 2. The first-order valence-electron chi connectivity index (χ1n) is 4.58. The van der Waals surface area contributed by atoms with Gasteiger partial charge in [-0.05, 0) is 18.7 Å². The fourth-order valence-corrected chi connectivity index (χ4v) is 1.92. The molecule has 1 aliphatic heterocycles. The van der Waals surface area contributed by atoms with Gasteiger partial charge in [0.1, 0.15) is 6.17 Å². The zero-order valence-electron chi connectivity index (χ0n) is 7.90. The minimum Gasteiger partial charge on any atom is -0.294 e. The Hall–Kier alpha value is -1.03. The third-order valence-electron chi connectivity index (χ3n) is 2.61. The van der Waals surface area contributed by atoms with Crippen LogP contribution in [0.4, 0.5) is 8.78 Å². The van der Waals surface area contributed by atoms with Gasteiger partial charge in [0.2, 0.25) is 0 Å². The Kier molecular flexibility index (Phi) is 2.46. The second kappa shape index (κ2) is 3.61. The van der Waals surface area contributed by atoms with Crippen molar-refractivity contribution in [1.82, 2.24) is 9.88 Å². The largest absolute Gasteiger partial charge is 0.294 e. The van der Waals surface area contributed by atoms with Crippen LogP contribution in [0.25, 0.3) is 0 Å². The lowest BCUT2D eigenvalue weighted by atomic mass is 10.1. The van der Waals surface area contributed by atoms with Crippen molar-refractivity contribution in [3.63, 3.8) is 0 Å². The number of alkyl halides is 2. The van der Waals surface area contributed by atoms with Crippen molar-refractivity contribution in [1.29, 1.82) is 0 Å². The number of likely N-dealkylation sites (tertiary alicyclic amines) is 1. The maximum Gasteiger partial charge on any atom is 0.152 e. The Bertz CT molecular complexity index is 304. The topological polar surface area (TPSA) is 16.1 Å². The van der Waals surface area contributed by atoms with Crippen LogP contribution in [0.3, 0.4) is 0 Å². The maximum absolute atomic E-state index is 13.5. The number of aromatic nitrogens is 1. The fraction of sp³-hybridized carbons (Fsp3) is 0.500. The summed E-state index contributed by atoms with van der Waals surface area (Å²) < 4.78 is 26.5. The molecule has 1 aromatic heterocycles. The van der Waals surface area contributed by atoms with Gasteiger partial charge in [-0.25, -0.2) is 8.78 Å². The summed E-state index contributed by atoms with van der Waals surface area (Å²) in [5, 5.41) is 0. The van der Waals surface area contributed by atoms with Gasteiger partial charge >= 0.3 is 0 Å². The van der Waals surface area contributed by atoms with Gasteiger partial charge in [0.25, 0.3) is 0 Å². The van der Waals surface area contributed by atoms with E-state index in [0.29, 0.717) is 0 Å². The summed E-state index contributed by atoms with van der Waals surface area (Å²) in [5.41, 5.74) is 0.739. The smallest absolute Gasteiger partial charge is 0.152 e. The second-order valence-corrected chi connectivity index (χ2v) is 3.63. The predicted molar refractivity (Wildman–Crippen MR) is 49.4 cm³/mol. The number of pyridine rings is 1. The summed E-state index contributed by atoms with van der Waals surface area (Å²) in [5.74, 6) is 0. The number of hydrogen-bond donors (Lipinski definition) is 0. The molecular weight excluding hydrogens is 186 g/mol. The highest BCUT2D eigenvalue weighted by molar-refractivity contribution is 5.18. The fourth-order valence-electron chi connectivity index (χ4n) is 1.92. The number of nitrogens with zero attached hydrogens (tertiary/aromatic N) is 2. The molecule has 76 valence electrons. The van der Waals surface area contributed by atoms with Crippen LogP contribution in [-0.4, -0.2) is 35.8 Å². The molecule has 0 aliphatic carbocycles. The van der Waals surface area contributed by atoms with Crippen molar-refractivity contribution in [2.24, 2.45) is 0 Å². The normalized spacial score (nSPS) is 33.5. The van der Waals surface area contributed by atoms with Crippen molar-refractivity contribution in [2.75, 3.05) is 13.6 Å². The van der Waals surface area contributed by atoms with Crippen molar-refractivity contribution in [3.8, 4) is 0 Å². The van der Waals surface area contributed by atoms with E-state index in [1.165, 1.54) is 0 Å². The Balaban J connectivity index is 2.26. The van der Waals surface area contributed by atoms with Crippen LogP contribution in [0.15, 0.2) is 24.5 Å². The molecule has 0 bridgehead atoms. The molecule has 1 fully saturated rings. The van der Waals surface area contributed by atoms with E-state index in [0.717, 1.165) is 5.56 Å². The zero-order valence-corrected chi connectivity index (χ0v) is 7.90. The monoisotopic (exact) mass is 198 g/mol. The zero-order chi connectivity index (χ0) is 10.1. The Morgan fingerprint density at radius 3 is 2.79 bits per heavy atom. The molecule has 1 saturated heterocycles. The van der Waals surface area contributed by atoms with E-state index in [-0.39, 0.29) is 6.54 Å². The Morgan fingerprint density at radius 2 is 2.29 bits per heavy atom. The lowest BCUT2D eigenvalue weighted by Crippen LogP contribution is -2.22. The number of halogens is 2. The standard InChI is InChI=1S/C10H12F2N2/c1-14-6-8(11)9(12)10(14)7-3-2-4-13-5-7/h2-5,8-10H,6H2,1H3/t8?,9?,10-/m1/s1. The number of rotatable bonds is 1. The van der Waals surface area contributed by atoms with Crippen LogP contribution in [0.5, 0.6) is 0 Å². The summed E-state index contributed by atoms with van der Waals surface area (Å²) >= 11 is 0. The summed E-state index contributed by atoms with van der Waals surface area (Å²) in [4.78, 5) is 5.59. The average molecular weight is 198 g/mol. The van der Waals surface area contributed by atoms with E-state index in [9.17, 15) is 8.78 Å². The molecule has 2 heterocycles. The first-order chi connectivity index (χ1) is 6.70. The first-order valence-corrected chi connectivity index (χ1v) is 4.58. The van der Waals surface area contributed by atoms with E-state index in [4.69, 9.17) is 0 Å². The second-order valence-electron chi connectivity index (χ2n) is 3.63. The minimum atomic E-state index is -1.44. The molecule has 0 N–H and O–H groups in total. The predicted octanol–water partition coefficient (Wildman–Crippen LogP) is 1.74. The van der Waals surface area contributed by atoms with Crippen LogP contribution in [0, 0.1) is 0 Å². The van der Waals surface area contributed by atoms with Crippen molar-refractivity contribution in [2.45, 2.75) is 18.4 Å². The highest BCUT2D eigenvalue weighted by atomic mass is 19.2. The van der Waals surface area contributed by atoms with E-state index >= 15 is 0 Å². The van der Waals surface area contributed by atoms with E-state index in [1.807, 2.05) is 0 Å². The van der Waals surface area contributed by atoms with Gasteiger partial charge < -0.3 is 0 Å². The van der Waals surface area contributed by atoms with E-state index in [2.05, 4.69) is 4.98 Å². The van der Waals surface area contributed by atoms with E-state index < -0.39 is 18.4 Å². The summed E-state index contributed by atoms with van der Waals surface area (Å²) in [6.07, 6.45) is 0.388. The lowest BCUT2D eigenvalue weighted by Gasteiger charge is -2.20. The van der Waals surface area contributed by atoms with Crippen LogP contribution in [-0.2, 0) is 0 Å². The maximum atomic E-state index is 13.5. The molecule has 3 atom stereocenters. The van der Waals surface area contributed by atoms with Crippen LogP contribution in [0.2, 0.25) is 0 Å². The molecule has 0 radical (unpaired) electrons. The molecule has 1 aromatic rings. The quantitative estimate of drug-likeness (QED) is 0.683. The van der Waals surface area contributed by atoms with Gasteiger partial charge in [-0.3, -0.25) is 9.88 Å². The molecule has 4 heteroatoms. The minimum absolute atomic E-state index is 0.153. The summed E-state index contributed by atoms with van der Waals surface area (Å²) in [6, 6.07) is 3.03. The average Bonchev–Trinajstić information content (AvgIpc) is 2.43. The van der Waals surface area contributed by atoms with Gasteiger partial charge in [0, 0.05) is 18.9 Å². The van der Waals surface area contributed by atoms with Crippen molar-refractivity contribution < 1.29 is 8.78 Å². The molecule has 1 aliphatic rings. The molecule has 0 spiro atoms. The third kappa shape index (κ3) is 1.50. The van der Waals surface area contributed by atoms with Gasteiger partial charge in [-0.1, -0.05) is 6.07 Å². The van der Waals surface area contributed by atoms with Crippen LogP contribution >= 0.6 is 0 Å². The molecule has 0 amide bonds. The lowest BCUT2D eigenvalue weighted by molar-refractivity contribution is 0.181. The Labute approximate surface area is 81.6 Å². The molecule has 2 nitrogen and oxygen atoms in total. The van der Waals surface area contributed by atoms with Gasteiger partial charge in [0.05, 0.1) is 6.04 Å². The Morgan fingerprint density at radius 1 is 1.50 bits per heavy atom. The van der Waals surface area contributed by atoms with Crippen LogP contribution < -0.4 is 0 Å². The van der Waals surface area contributed by atoms with E-state index in [1.54, 1.807) is 36.5 Å². The van der Waals surface area contributed by atoms with Gasteiger partial charge in [-0.2, -0.15) is 0 Å². The molecular formula is C10H12F2N2. The molecule has 0 aromatic carbocycles. The SMILES string of the molecule is CN1CC(F)C(F)[C@H]1c1cccnc1. The molecule has 0 saturated carbocycles. The molecule has 2 unspecified atom stereocenters. The van der Waals surface area contributed by atoms with Gasteiger partial charge in [0.15, 0.2) is 6.17 Å². The summed E-state index contributed by atoms with van der Waals surface area (Å²) in [7, 11) is 1.73. The summed E-state index contributed by atoms with van der Waals surface area (Å²) in [6.45, 7) is 0.153. The molecule has 2 rings (SSSR count). The highest BCUT2D eigenvalue weighted by Gasteiger charge is 2.41. The first kappa shape index (κ1) is 9.52. The van der Waals surface area contributed by atoms with Gasteiger partial charge in [-0.15, -0.1) is 0 Å². The third-order valence-corrected chi connectivity index (χ3v) is 2.61. The van der Waals surface area contributed by atoms with Crippen LogP contribution in [0.1, 0.15) is 11.6 Å². The molecule has 14 heavy (non-hydrogen) atoms. The van der Waals surface area contributed by atoms with Crippen molar-refractivity contribution in [3.05, 3.63) is 30.1 Å². The van der Waals surface area contributed by atoms with Crippen molar-refractivity contribution >= 4 is 0 Å².